The quantitative estimate of drug-likeness (QED) is 0.703. The number of methoxy groups -OCH3 is 1. The zero-order chi connectivity index (χ0) is 16.7. The van der Waals surface area contributed by atoms with E-state index in [2.05, 4.69) is 10.2 Å². The molecule has 0 aliphatic rings. The first-order valence-corrected chi connectivity index (χ1v) is 8.16. The molecule has 0 amide bonds. The Bertz CT molecular complexity index is 660. The summed E-state index contributed by atoms with van der Waals surface area (Å²) in [7, 11) is 1.59. The maximum atomic E-state index is 10.6. The first-order chi connectivity index (χ1) is 11.2. The van der Waals surface area contributed by atoms with E-state index in [1.54, 1.807) is 7.11 Å². The fourth-order valence-corrected chi connectivity index (χ4v) is 2.91. The van der Waals surface area contributed by atoms with Crippen molar-refractivity contribution < 1.29 is 19.4 Å². The third-order valence-corrected chi connectivity index (χ3v) is 4.05. The molecule has 0 saturated carbocycles. The Morgan fingerprint density at radius 1 is 1.30 bits per heavy atom. The zero-order valence-electron chi connectivity index (χ0n) is 13.1. The maximum Gasteiger partial charge on any atom is 0.304 e. The van der Waals surface area contributed by atoms with Crippen molar-refractivity contribution in [3.05, 3.63) is 30.1 Å². The summed E-state index contributed by atoms with van der Waals surface area (Å²) >= 11 is 1.38. The molecule has 0 aliphatic heterocycles. The number of aromatic nitrogens is 3. The van der Waals surface area contributed by atoms with Gasteiger partial charge in [-0.1, -0.05) is 23.9 Å². The van der Waals surface area contributed by atoms with Crippen LogP contribution in [0.1, 0.15) is 19.2 Å². The molecule has 1 aromatic carbocycles. The molecule has 124 valence electrons. The van der Waals surface area contributed by atoms with E-state index in [0.717, 1.165) is 0 Å². The van der Waals surface area contributed by atoms with Crippen molar-refractivity contribution in [3.8, 4) is 11.5 Å². The van der Waals surface area contributed by atoms with Crippen LogP contribution in [0.15, 0.2) is 29.4 Å². The fourth-order valence-electron chi connectivity index (χ4n) is 1.96. The molecule has 0 unspecified atom stereocenters. The van der Waals surface area contributed by atoms with Crippen LogP contribution in [0, 0.1) is 0 Å². The average Bonchev–Trinajstić information content (AvgIpc) is 2.94. The summed E-state index contributed by atoms with van der Waals surface area (Å²) in [5.41, 5.74) is 0. The molecule has 0 radical (unpaired) electrons. The number of para-hydroxylation sites is 2. The lowest BCUT2D eigenvalue weighted by molar-refractivity contribution is -0.136. The summed E-state index contributed by atoms with van der Waals surface area (Å²) < 4.78 is 12.9. The summed E-state index contributed by atoms with van der Waals surface area (Å²) in [4.78, 5) is 10.6. The minimum atomic E-state index is -0.820. The summed E-state index contributed by atoms with van der Waals surface area (Å²) in [5, 5.41) is 17.6. The Balaban J connectivity index is 2.02. The SMILES string of the molecule is CCn1c(COc2ccccc2OC)nnc1SCCC(=O)O. The molecule has 0 bridgehead atoms. The monoisotopic (exact) mass is 337 g/mol. The largest absolute Gasteiger partial charge is 0.493 e. The van der Waals surface area contributed by atoms with Crippen molar-refractivity contribution in [2.24, 2.45) is 0 Å². The number of aliphatic carboxylic acids is 1. The van der Waals surface area contributed by atoms with Gasteiger partial charge in [0.05, 0.1) is 13.5 Å². The number of rotatable bonds is 9. The van der Waals surface area contributed by atoms with Gasteiger partial charge in [-0.3, -0.25) is 4.79 Å². The zero-order valence-corrected chi connectivity index (χ0v) is 13.9. The number of hydrogen-bond donors (Lipinski definition) is 1. The van der Waals surface area contributed by atoms with Crippen LogP contribution < -0.4 is 9.47 Å². The van der Waals surface area contributed by atoms with Crippen molar-refractivity contribution in [1.82, 2.24) is 14.8 Å². The van der Waals surface area contributed by atoms with E-state index in [0.29, 0.717) is 34.8 Å². The average molecular weight is 337 g/mol. The molecule has 0 aliphatic carbocycles. The van der Waals surface area contributed by atoms with E-state index in [9.17, 15) is 4.79 Å². The van der Waals surface area contributed by atoms with Gasteiger partial charge in [-0.2, -0.15) is 0 Å². The van der Waals surface area contributed by atoms with E-state index >= 15 is 0 Å². The highest BCUT2D eigenvalue weighted by Crippen LogP contribution is 2.27. The molecule has 2 rings (SSSR count). The second-order valence-electron chi connectivity index (χ2n) is 4.57. The molecule has 23 heavy (non-hydrogen) atoms. The van der Waals surface area contributed by atoms with Crippen LogP contribution in [0.4, 0.5) is 0 Å². The molecule has 1 N–H and O–H groups in total. The second kappa shape index (κ2) is 8.42. The van der Waals surface area contributed by atoms with Gasteiger partial charge in [0, 0.05) is 12.3 Å². The van der Waals surface area contributed by atoms with Gasteiger partial charge in [0.2, 0.25) is 0 Å². The van der Waals surface area contributed by atoms with Crippen molar-refractivity contribution in [1.29, 1.82) is 0 Å². The summed E-state index contributed by atoms with van der Waals surface area (Å²) in [6, 6.07) is 7.40. The number of benzene rings is 1. The highest BCUT2D eigenvalue weighted by molar-refractivity contribution is 7.99. The van der Waals surface area contributed by atoms with Gasteiger partial charge in [0.15, 0.2) is 22.5 Å². The molecule has 0 fully saturated rings. The lowest BCUT2D eigenvalue weighted by atomic mass is 10.3. The van der Waals surface area contributed by atoms with Crippen molar-refractivity contribution >= 4 is 17.7 Å². The summed E-state index contributed by atoms with van der Waals surface area (Å²) in [5.74, 6) is 1.63. The minimum absolute atomic E-state index is 0.0916. The number of carbonyl (C=O) groups is 1. The first-order valence-electron chi connectivity index (χ1n) is 7.18. The van der Waals surface area contributed by atoms with Crippen LogP contribution in [-0.4, -0.2) is 38.7 Å². The van der Waals surface area contributed by atoms with Crippen LogP contribution in [-0.2, 0) is 17.9 Å². The lowest BCUT2D eigenvalue weighted by Crippen LogP contribution is -2.07. The molecule has 0 spiro atoms. The van der Waals surface area contributed by atoms with Gasteiger partial charge in [0.25, 0.3) is 0 Å². The first kappa shape index (κ1) is 17.1. The van der Waals surface area contributed by atoms with Crippen LogP contribution >= 0.6 is 11.8 Å². The van der Waals surface area contributed by atoms with E-state index in [1.165, 1.54) is 11.8 Å². The number of hydrogen-bond acceptors (Lipinski definition) is 6. The highest BCUT2D eigenvalue weighted by atomic mass is 32.2. The van der Waals surface area contributed by atoms with Crippen LogP contribution in [0.5, 0.6) is 11.5 Å². The molecule has 7 nitrogen and oxygen atoms in total. The number of carboxylic acids is 1. The van der Waals surface area contributed by atoms with Crippen molar-refractivity contribution in [2.75, 3.05) is 12.9 Å². The smallest absolute Gasteiger partial charge is 0.304 e. The Morgan fingerprint density at radius 3 is 2.70 bits per heavy atom. The predicted molar refractivity (Wildman–Crippen MR) is 86.0 cm³/mol. The molecule has 1 heterocycles. The fraction of sp³-hybridized carbons (Fsp3) is 0.400. The van der Waals surface area contributed by atoms with Gasteiger partial charge >= 0.3 is 5.97 Å². The standard InChI is InChI=1S/C15H19N3O4S/c1-3-18-13(16-17-15(18)23-9-8-14(19)20)10-22-12-7-5-4-6-11(12)21-2/h4-7H,3,8-10H2,1-2H3,(H,19,20). The Kier molecular flexibility index (Phi) is 6.28. The number of carboxylic acid groups (broad SMARTS) is 1. The van der Waals surface area contributed by atoms with Crippen LogP contribution in [0.2, 0.25) is 0 Å². The summed E-state index contributed by atoms with van der Waals surface area (Å²) in [6.45, 7) is 2.94. The second-order valence-corrected chi connectivity index (χ2v) is 5.64. The topological polar surface area (TPSA) is 86.5 Å². The Labute approximate surface area is 138 Å². The van der Waals surface area contributed by atoms with Gasteiger partial charge in [-0.25, -0.2) is 0 Å². The third kappa shape index (κ3) is 4.62. The molecule has 0 atom stereocenters. The minimum Gasteiger partial charge on any atom is -0.493 e. The van der Waals surface area contributed by atoms with Crippen molar-refractivity contribution in [2.45, 2.75) is 31.7 Å². The predicted octanol–water partition coefficient (Wildman–Crippen LogP) is 2.45. The third-order valence-electron chi connectivity index (χ3n) is 3.08. The molecule has 8 heteroatoms. The van der Waals surface area contributed by atoms with Gasteiger partial charge in [0.1, 0.15) is 6.61 Å². The van der Waals surface area contributed by atoms with Gasteiger partial charge in [-0.05, 0) is 19.1 Å². The van der Waals surface area contributed by atoms with Crippen LogP contribution in [0.25, 0.3) is 0 Å². The van der Waals surface area contributed by atoms with E-state index in [1.807, 2.05) is 35.8 Å². The number of thioether (sulfide) groups is 1. The highest BCUT2D eigenvalue weighted by Gasteiger charge is 2.13. The van der Waals surface area contributed by atoms with E-state index in [4.69, 9.17) is 14.6 Å². The maximum absolute atomic E-state index is 10.6. The van der Waals surface area contributed by atoms with Gasteiger partial charge in [-0.15, -0.1) is 10.2 Å². The van der Waals surface area contributed by atoms with Crippen molar-refractivity contribution in [3.63, 3.8) is 0 Å². The van der Waals surface area contributed by atoms with Gasteiger partial charge < -0.3 is 19.1 Å². The van der Waals surface area contributed by atoms with Crippen LogP contribution in [0.3, 0.4) is 0 Å². The number of ether oxygens (including phenoxy) is 2. The molecule has 0 saturated heterocycles. The summed E-state index contributed by atoms with van der Waals surface area (Å²) in [6.07, 6.45) is 0.0916. The number of nitrogens with zero attached hydrogens (tertiary/aromatic N) is 3. The van der Waals surface area contributed by atoms with E-state index < -0.39 is 5.97 Å². The lowest BCUT2D eigenvalue weighted by Gasteiger charge is -2.11. The van der Waals surface area contributed by atoms with E-state index in [-0.39, 0.29) is 13.0 Å². The Hall–Kier alpha value is -2.22. The molecular formula is C15H19N3O4S. The molecule has 1 aromatic heterocycles. The normalized spacial score (nSPS) is 10.5. The molecular weight excluding hydrogens is 318 g/mol. The Morgan fingerprint density at radius 2 is 2.04 bits per heavy atom. The molecule has 2 aromatic rings.